The Morgan fingerprint density at radius 1 is 1.62 bits per heavy atom. The van der Waals surface area contributed by atoms with Gasteiger partial charge >= 0.3 is 0 Å². The maximum Gasteiger partial charge on any atom is 0.0872 e. The predicted octanol–water partition coefficient (Wildman–Crippen LogP) is 2.27. The lowest BCUT2D eigenvalue weighted by molar-refractivity contribution is 0.00931. The molecule has 1 heterocycles. The van der Waals surface area contributed by atoms with Gasteiger partial charge in [-0.15, -0.1) is 6.58 Å². The highest BCUT2D eigenvalue weighted by Gasteiger charge is 2.32. The van der Waals surface area contributed by atoms with Crippen LogP contribution in [0.2, 0.25) is 0 Å². The number of rotatable bonds is 5. The Hall–Kier alpha value is -0.340. The Morgan fingerprint density at radius 2 is 2.38 bits per heavy atom. The second kappa shape index (κ2) is 5.40. The Bertz CT molecular complexity index is 156. The molecule has 0 bridgehead atoms. The predicted molar refractivity (Wildman–Crippen MR) is 53.6 cm³/mol. The first kappa shape index (κ1) is 10.7. The summed E-state index contributed by atoms with van der Waals surface area (Å²) in [7, 11) is 0. The van der Waals surface area contributed by atoms with Gasteiger partial charge in [0.1, 0.15) is 0 Å². The molecule has 76 valence electrons. The lowest BCUT2D eigenvalue weighted by Gasteiger charge is -2.12. The fraction of sp³-hybridized carbons (Fsp3) is 0.818. The largest absolute Gasteiger partial charge is 0.390 e. The zero-order chi connectivity index (χ0) is 9.68. The monoisotopic (exact) mass is 184 g/mol. The number of hydrogen-bond donors (Lipinski definition) is 1. The maximum atomic E-state index is 9.62. The average molecular weight is 184 g/mol. The highest BCUT2D eigenvalue weighted by atomic mass is 16.5. The number of aliphatic hydroxyl groups excluding tert-OH is 1. The van der Waals surface area contributed by atoms with Crippen LogP contribution in [0.1, 0.15) is 39.0 Å². The molecule has 0 aromatic carbocycles. The van der Waals surface area contributed by atoms with Crippen molar-refractivity contribution >= 4 is 0 Å². The van der Waals surface area contributed by atoms with Gasteiger partial charge in [0.05, 0.1) is 18.3 Å². The molecular formula is C11H20O2. The third-order valence-electron chi connectivity index (χ3n) is 2.58. The van der Waals surface area contributed by atoms with E-state index in [0.29, 0.717) is 0 Å². The molecule has 1 saturated heterocycles. The van der Waals surface area contributed by atoms with Gasteiger partial charge in [0.15, 0.2) is 0 Å². The van der Waals surface area contributed by atoms with Crippen LogP contribution in [0.3, 0.4) is 0 Å². The molecule has 0 unspecified atom stereocenters. The summed E-state index contributed by atoms with van der Waals surface area (Å²) in [6.07, 6.45) is 6.86. The second-order valence-corrected chi connectivity index (χ2v) is 3.77. The van der Waals surface area contributed by atoms with Crippen molar-refractivity contribution in [1.29, 1.82) is 0 Å². The molecule has 0 saturated carbocycles. The minimum Gasteiger partial charge on any atom is -0.390 e. The normalized spacial score (nSPS) is 33.5. The molecule has 0 radical (unpaired) electrons. The molecule has 1 fully saturated rings. The van der Waals surface area contributed by atoms with Crippen molar-refractivity contribution < 1.29 is 9.84 Å². The molecule has 0 amide bonds. The van der Waals surface area contributed by atoms with E-state index in [2.05, 4.69) is 13.5 Å². The van der Waals surface area contributed by atoms with Crippen LogP contribution in [0.15, 0.2) is 12.7 Å². The minimum atomic E-state index is -0.278. The van der Waals surface area contributed by atoms with E-state index in [9.17, 15) is 5.11 Å². The topological polar surface area (TPSA) is 29.5 Å². The van der Waals surface area contributed by atoms with Crippen molar-refractivity contribution in [2.24, 2.45) is 0 Å². The zero-order valence-electron chi connectivity index (χ0n) is 8.41. The average Bonchev–Trinajstić information content (AvgIpc) is 2.45. The molecule has 0 aliphatic carbocycles. The van der Waals surface area contributed by atoms with E-state index in [4.69, 9.17) is 4.74 Å². The second-order valence-electron chi connectivity index (χ2n) is 3.77. The Morgan fingerprint density at radius 3 is 3.00 bits per heavy atom. The molecule has 3 atom stereocenters. The molecule has 0 aromatic rings. The van der Waals surface area contributed by atoms with E-state index in [1.165, 1.54) is 12.8 Å². The summed E-state index contributed by atoms with van der Waals surface area (Å²) in [4.78, 5) is 0. The number of aliphatic hydroxyl groups is 1. The highest BCUT2D eigenvalue weighted by molar-refractivity contribution is 4.86. The van der Waals surface area contributed by atoms with E-state index in [1.54, 1.807) is 0 Å². The first-order valence-corrected chi connectivity index (χ1v) is 5.22. The van der Waals surface area contributed by atoms with Gasteiger partial charge in [0.2, 0.25) is 0 Å². The Labute approximate surface area is 80.6 Å². The van der Waals surface area contributed by atoms with Crippen molar-refractivity contribution in [2.45, 2.75) is 57.3 Å². The van der Waals surface area contributed by atoms with Gasteiger partial charge in [-0.2, -0.15) is 0 Å². The van der Waals surface area contributed by atoms with Gasteiger partial charge in [-0.05, 0) is 12.8 Å². The van der Waals surface area contributed by atoms with Crippen LogP contribution in [0.25, 0.3) is 0 Å². The molecule has 0 spiro atoms. The van der Waals surface area contributed by atoms with Gasteiger partial charge in [0.25, 0.3) is 0 Å². The quantitative estimate of drug-likeness (QED) is 0.664. The molecule has 1 rings (SSSR count). The molecule has 2 heteroatoms. The van der Waals surface area contributed by atoms with Crippen LogP contribution in [0.4, 0.5) is 0 Å². The lowest BCUT2D eigenvalue weighted by atomic mass is 10.1. The third kappa shape index (κ3) is 3.12. The van der Waals surface area contributed by atoms with Crippen LogP contribution in [-0.4, -0.2) is 23.4 Å². The summed E-state index contributed by atoms with van der Waals surface area (Å²) in [6, 6.07) is 0. The van der Waals surface area contributed by atoms with Gasteiger partial charge in [-0.3, -0.25) is 0 Å². The fourth-order valence-electron chi connectivity index (χ4n) is 1.81. The molecule has 1 aliphatic heterocycles. The third-order valence-corrected chi connectivity index (χ3v) is 2.58. The summed E-state index contributed by atoms with van der Waals surface area (Å²) < 4.78 is 5.69. The molecule has 13 heavy (non-hydrogen) atoms. The molecule has 2 nitrogen and oxygen atoms in total. The van der Waals surface area contributed by atoms with Crippen molar-refractivity contribution in [3.63, 3.8) is 0 Å². The van der Waals surface area contributed by atoms with E-state index in [-0.39, 0.29) is 18.3 Å². The standard InChI is InChI=1S/C11H20O2/c1-3-5-7-9-8-10(12)11(13-9)6-4-2/h4,9-12H,2-3,5-8H2,1H3/t9-,10-,11+/m1/s1. The smallest absolute Gasteiger partial charge is 0.0872 e. The Balaban J connectivity index is 2.27. The van der Waals surface area contributed by atoms with Crippen molar-refractivity contribution in [3.05, 3.63) is 12.7 Å². The number of hydrogen-bond acceptors (Lipinski definition) is 2. The highest BCUT2D eigenvalue weighted by Crippen LogP contribution is 2.26. The van der Waals surface area contributed by atoms with E-state index < -0.39 is 0 Å². The van der Waals surface area contributed by atoms with Gasteiger partial charge < -0.3 is 9.84 Å². The molecule has 1 aliphatic rings. The van der Waals surface area contributed by atoms with Crippen molar-refractivity contribution in [1.82, 2.24) is 0 Å². The summed E-state index contributed by atoms with van der Waals surface area (Å²) >= 11 is 0. The maximum absolute atomic E-state index is 9.62. The summed E-state index contributed by atoms with van der Waals surface area (Å²) in [5.74, 6) is 0. The number of unbranched alkanes of at least 4 members (excludes halogenated alkanes) is 1. The summed E-state index contributed by atoms with van der Waals surface area (Å²) in [5, 5.41) is 9.62. The fourth-order valence-corrected chi connectivity index (χ4v) is 1.81. The van der Waals surface area contributed by atoms with Crippen molar-refractivity contribution in [2.75, 3.05) is 0 Å². The van der Waals surface area contributed by atoms with Gasteiger partial charge in [-0.1, -0.05) is 25.8 Å². The molecular weight excluding hydrogens is 164 g/mol. The first-order chi connectivity index (χ1) is 6.27. The van der Waals surface area contributed by atoms with Crippen LogP contribution in [0.5, 0.6) is 0 Å². The first-order valence-electron chi connectivity index (χ1n) is 5.22. The van der Waals surface area contributed by atoms with Crippen LogP contribution >= 0.6 is 0 Å². The minimum absolute atomic E-state index is 0.000596. The number of ether oxygens (including phenoxy) is 1. The SMILES string of the molecule is C=CC[C@@H]1O[C@H](CCCC)C[C@H]1O. The van der Waals surface area contributed by atoms with E-state index >= 15 is 0 Å². The molecule has 1 N–H and O–H groups in total. The van der Waals surface area contributed by atoms with E-state index in [0.717, 1.165) is 19.3 Å². The van der Waals surface area contributed by atoms with Gasteiger partial charge in [0, 0.05) is 6.42 Å². The van der Waals surface area contributed by atoms with Crippen LogP contribution in [0, 0.1) is 0 Å². The summed E-state index contributed by atoms with van der Waals surface area (Å²) in [5.41, 5.74) is 0. The van der Waals surface area contributed by atoms with Crippen LogP contribution < -0.4 is 0 Å². The molecule has 0 aromatic heterocycles. The van der Waals surface area contributed by atoms with Crippen molar-refractivity contribution in [3.8, 4) is 0 Å². The van der Waals surface area contributed by atoms with Gasteiger partial charge in [-0.25, -0.2) is 0 Å². The summed E-state index contributed by atoms with van der Waals surface area (Å²) in [6.45, 7) is 5.83. The van der Waals surface area contributed by atoms with Crippen LogP contribution in [-0.2, 0) is 4.74 Å². The van der Waals surface area contributed by atoms with E-state index in [1.807, 2.05) is 6.08 Å². The zero-order valence-corrected chi connectivity index (χ0v) is 8.41. The lowest BCUT2D eigenvalue weighted by Crippen LogP contribution is -2.19. The Kier molecular flexibility index (Phi) is 4.46.